The summed E-state index contributed by atoms with van der Waals surface area (Å²) in [7, 11) is 0. The van der Waals surface area contributed by atoms with Crippen molar-refractivity contribution in [1.29, 1.82) is 0 Å². The van der Waals surface area contributed by atoms with Gasteiger partial charge < -0.3 is 5.32 Å². The van der Waals surface area contributed by atoms with Crippen LogP contribution in [0.4, 0.5) is 15.9 Å². The predicted molar refractivity (Wildman–Crippen MR) is 102 cm³/mol. The van der Waals surface area contributed by atoms with E-state index in [9.17, 15) is 4.39 Å². The van der Waals surface area contributed by atoms with Crippen molar-refractivity contribution in [3.8, 4) is 11.1 Å². The van der Waals surface area contributed by atoms with Crippen LogP contribution in [-0.2, 0) is 0 Å². The SMILES string of the molecule is Cc1cccc(Nc2cc(C)nc3c(-c4ccc(F)cc4)c(C)nn23)c1. The third-order valence-corrected chi connectivity index (χ3v) is 4.32. The zero-order valence-electron chi connectivity index (χ0n) is 14.9. The quantitative estimate of drug-likeness (QED) is 0.554. The van der Waals surface area contributed by atoms with Gasteiger partial charge in [0.25, 0.3) is 0 Å². The summed E-state index contributed by atoms with van der Waals surface area (Å²) in [6, 6.07) is 16.6. The molecule has 0 fully saturated rings. The van der Waals surface area contributed by atoms with Gasteiger partial charge in [0, 0.05) is 23.0 Å². The summed E-state index contributed by atoms with van der Waals surface area (Å²) in [4.78, 5) is 4.68. The topological polar surface area (TPSA) is 42.2 Å². The molecule has 0 unspecified atom stereocenters. The summed E-state index contributed by atoms with van der Waals surface area (Å²) in [6.07, 6.45) is 0. The van der Waals surface area contributed by atoms with E-state index in [-0.39, 0.29) is 5.82 Å². The number of nitrogens with one attached hydrogen (secondary N) is 1. The summed E-state index contributed by atoms with van der Waals surface area (Å²) in [6.45, 7) is 5.96. The highest BCUT2D eigenvalue weighted by molar-refractivity contribution is 5.81. The van der Waals surface area contributed by atoms with Crippen molar-refractivity contribution in [2.75, 3.05) is 5.32 Å². The van der Waals surface area contributed by atoms with E-state index in [1.54, 1.807) is 12.1 Å². The molecule has 1 N–H and O–H groups in total. The molecule has 4 rings (SSSR count). The Morgan fingerprint density at radius 1 is 0.962 bits per heavy atom. The van der Waals surface area contributed by atoms with Crippen LogP contribution in [0.1, 0.15) is 17.0 Å². The highest BCUT2D eigenvalue weighted by atomic mass is 19.1. The number of hydrogen-bond acceptors (Lipinski definition) is 3. The van der Waals surface area contributed by atoms with Crippen molar-refractivity contribution in [1.82, 2.24) is 14.6 Å². The molecule has 0 aliphatic carbocycles. The smallest absolute Gasteiger partial charge is 0.165 e. The fraction of sp³-hybridized carbons (Fsp3) is 0.143. The van der Waals surface area contributed by atoms with E-state index in [2.05, 4.69) is 34.5 Å². The molecule has 0 saturated carbocycles. The molecule has 2 heterocycles. The summed E-state index contributed by atoms with van der Waals surface area (Å²) >= 11 is 0. The Hall–Kier alpha value is -3.21. The van der Waals surface area contributed by atoms with E-state index in [4.69, 9.17) is 0 Å². The van der Waals surface area contributed by atoms with Crippen molar-refractivity contribution in [3.63, 3.8) is 0 Å². The zero-order valence-corrected chi connectivity index (χ0v) is 14.9. The third kappa shape index (κ3) is 2.92. The Kier molecular flexibility index (Phi) is 3.92. The molecule has 4 nitrogen and oxygen atoms in total. The molecule has 5 heteroatoms. The standard InChI is InChI=1S/C21H19FN4/c1-13-5-4-6-18(11-13)24-19-12-14(2)23-21-20(15(3)25-26(19)21)16-7-9-17(22)10-8-16/h4-12,24H,1-3H3. The molecule has 0 aliphatic heterocycles. The molecule has 0 bridgehead atoms. The number of nitrogens with zero attached hydrogens (tertiary/aromatic N) is 3. The van der Waals surface area contributed by atoms with Gasteiger partial charge in [-0.3, -0.25) is 0 Å². The summed E-state index contributed by atoms with van der Waals surface area (Å²) in [5, 5.41) is 8.10. The molecule has 2 aromatic carbocycles. The van der Waals surface area contributed by atoms with Gasteiger partial charge >= 0.3 is 0 Å². The van der Waals surface area contributed by atoms with Gasteiger partial charge in [-0.15, -0.1) is 0 Å². The summed E-state index contributed by atoms with van der Waals surface area (Å²) in [5.74, 6) is 0.586. The molecule has 130 valence electrons. The van der Waals surface area contributed by atoms with Gasteiger partial charge in [0.2, 0.25) is 0 Å². The molecule has 0 spiro atoms. The number of aromatic nitrogens is 3. The summed E-state index contributed by atoms with van der Waals surface area (Å²) in [5.41, 5.74) is 6.48. The van der Waals surface area contributed by atoms with E-state index in [0.717, 1.165) is 39.7 Å². The van der Waals surface area contributed by atoms with Gasteiger partial charge in [0.15, 0.2) is 5.65 Å². The van der Waals surface area contributed by atoms with Crippen LogP contribution in [0, 0.1) is 26.6 Å². The van der Waals surface area contributed by atoms with E-state index in [0.29, 0.717) is 0 Å². The fourth-order valence-electron chi connectivity index (χ4n) is 3.16. The van der Waals surface area contributed by atoms with Gasteiger partial charge in [-0.2, -0.15) is 9.61 Å². The number of fused-ring (bicyclic) bond motifs is 1. The van der Waals surface area contributed by atoms with Gasteiger partial charge in [0.1, 0.15) is 11.6 Å². The minimum atomic E-state index is -0.256. The number of hydrogen-bond donors (Lipinski definition) is 1. The van der Waals surface area contributed by atoms with Crippen LogP contribution >= 0.6 is 0 Å². The first-order chi connectivity index (χ1) is 12.5. The Labute approximate surface area is 151 Å². The normalized spacial score (nSPS) is 11.1. The van der Waals surface area contributed by atoms with Crippen molar-refractivity contribution in [3.05, 3.63) is 77.4 Å². The Balaban J connectivity index is 1.88. The average Bonchev–Trinajstić information content (AvgIpc) is 2.92. The molecule has 26 heavy (non-hydrogen) atoms. The minimum absolute atomic E-state index is 0.256. The zero-order chi connectivity index (χ0) is 18.3. The van der Waals surface area contributed by atoms with Crippen LogP contribution < -0.4 is 5.32 Å². The fourth-order valence-corrected chi connectivity index (χ4v) is 3.16. The molecule has 4 aromatic rings. The van der Waals surface area contributed by atoms with E-state index < -0.39 is 0 Å². The Morgan fingerprint density at radius 3 is 2.46 bits per heavy atom. The molecule has 0 saturated heterocycles. The monoisotopic (exact) mass is 346 g/mol. The van der Waals surface area contributed by atoms with Crippen LogP contribution in [-0.4, -0.2) is 14.6 Å². The second-order valence-electron chi connectivity index (χ2n) is 6.48. The third-order valence-electron chi connectivity index (χ3n) is 4.32. The summed E-state index contributed by atoms with van der Waals surface area (Å²) < 4.78 is 15.1. The van der Waals surface area contributed by atoms with Crippen LogP contribution in [0.2, 0.25) is 0 Å². The first-order valence-corrected chi connectivity index (χ1v) is 8.48. The van der Waals surface area contributed by atoms with Crippen LogP contribution in [0.5, 0.6) is 0 Å². The number of halogens is 1. The van der Waals surface area contributed by atoms with Crippen molar-refractivity contribution < 1.29 is 4.39 Å². The number of rotatable bonds is 3. The van der Waals surface area contributed by atoms with Crippen molar-refractivity contribution in [2.24, 2.45) is 0 Å². The second kappa shape index (κ2) is 6.26. The molecule has 0 aliphatic rings. The largest absolute Gasteiger partial charge is 0.340 e. The van der Waals surface area contributed by atoms with Gasteiger partial charge in [-0.05, 0) is 56.2 Å². The Bertz CT molecular complexity index is 1100. The first kappa shape index (κ1) is 16.3. The Morgan fingerprint density at radius 2 is 1.73 bits per heavy atom. The average molecular weight is 346 g/mol. The van der Waals surface area contributed by atoms with Crippen molar-refractivity contribution in [2.45, 2.75) is 20.8 Å². The van der Waals surface area contributed by atoms with Crippen LogP contribution in [0.25, 0.3) is 16.8 Å². The molecular weight excluding hydrogens is 327 g/mol. The van der Waals surface area contributed by atoms with Crippen molar-refractivity contribution >= 4 is 17.2 Å². The lowest BCUT2D eigenvalue weighted by atomic mass is 10.1. The molecular formula is C21H19FN4. The minimum Gasteiger partial charge on any atom is -0.340 e. The maximum Gasteiger partial charge on any atom is 0.165 e. The second-order valence-corrected chi connectivity index (χ2v) is 6.48. The predicted octanol–water partition coefficient (Wildman–Crippen LogP) is 5.20. The maximum absolute atomic E-state index is 13.3. The number of aryl methyl sites for hydroxylation is 3. The number of benzene rings is 2. The highest BCUT2D eigenvalue weighted by Gasteiger charge is 2.16. The van der Waals surface area contributed by atoms with Gasteiger partial charge in [-0.25, -0.2) is 9.37 Å². The van der Waals surface area contributed by atoms with E-state index in [1.807, 2.05) is 36.6 Å². The molecule has 0 amide bonds. The molecule has 0 radical (unpaired) electrons. The lowest BCUT2D eigenvalue weighted by molar-refractivity contribution is 0.628. The van der Waals surface area contributed by atoms with E-state index in [1.165, 1.54) is 17.7 Å². The first-order valence-electron chi connectivity index (χ1n) is 8.48. The van der Waals surface area contributed by atoms with Gasteiger partial charge in [0.05, 0.1) is 5.69 Å². The molecule has 2 aromatic heterocycles. The van der Waals surface area contributed by atoms with Gasteiger partial charge in [-0.1, -0.05) is 24.3 Å². The van der Waals surface area contributed by atoms with Crippen LogP contribution in [0.15, 0.2) is 54.6 Å². The van der Waals surface area contributed by atoms with Crippen LogP contribution in [0.3, 0.4) is 0 Å². The number of anilines is 2. The van der Waals surface area contributed by atoms with E-state index >= 15 is 0 Å². The lowest BCUT2D eigenvalue weighted by Gasteiger charge is -2.10. The highest BCUT2D eigenvalue weighted by Crippen LogP contribution is 2.30. The molecule has 0 atom stereocenters. The maximum atomic E-state index is 13.3. The lowest BCUT2D eigenvalue weighted by Crippen LogP contribution is -2.02.